The van der Waals surface area contributed by atoms with Gasteiger partial charge in [-0.2, -0.15) is 5.10 Å². The van der Waals surface area contributed by atoms with E-state index in [1.54, 1.807) is 38.1 Å². The Labute approximate surface area is 227 Å². The van der Waals surface area contributed by atoms with Crippen LogP contribution in [0, 0.1) is 0 Å². The van der Waals surface area contributed by atoms with Gasteiger partial charge in [0.05, 0.1) is 38.8 Å². The number of aromatic nitrogens is 1. The molecular weight excluding hydrogens is 498 g/mol. The van der Waals surface area contributed by atoms with Gasteiger partial charge in [-0.25, -0.2) is 5.01 Å². The van der Waals surface area contributed by atoms with E-state index >= 15 is 0 Å². The van der Waals surface area contributed by atoms with Crippen LogP contribution >= 0.6 is 11.8 Å². The minimum absolute atomic E-state index is 0.0679. The summed E-state index contributed by atoms with van der Waals surface area (Å²) in [5.74, 6) is 2.20. The summed E-state index contributed by atoms with van der Waals surface area (Å²) in [4.78, 5) is 14.8. The molecule has 0 fully saturated rings. The number of thioether (sulfide) groups is 1. The summed E-state index contributed by atoms with van der Waals surface area (Å²) in [5, 5.41) is 7.61. The Morgan fingerprint density at radius 3 is 2.47 bits per heavy atom. The molecule has 196 valence electrons. The van der Waals surface area contributed by atoms with Crippen LogP contribution in [0.4, 0.5) is 0 Å². The Morgan fingerprint density at radius 1 is 0.974 bits per heavy atom. The number of carbonyl (C=O) groups excluding carboxylic acids is 1. The first kappa shape index (κ1) is 25.7. The molecule has 0 N–H and O–H groups in total. The first-order valence-corrected chi connectivity index (χ1v) is 13.5. The monoisotopic (exact) mass is 529 g/mol. The zero-order valence-corrected chi connectivity index (χ0v) is 22.8. The number of benzene rings is 3. The fourth-order valence-corrected chi connectivity index (χ4v) is 5.85. The van der Waals surface area contributed by atoms with Gasteiger partial charge < -0.3 is 18.8 Å². The number of para-hydroxylation sites is 2. The van der Waals surface area contributed by atoms with E-state index in [-0.39, 0.29) is 17.7 Å². The van der Waals surface area contributed by atoms with Crippen molar-refractivity contribution in [1.82, 2.24) is 9.58 Å². The maximum Gasteiger partial charge on any atom is 0.253 e. The van der Waals surface area contributed by atoms with Crippen molar-refractivity contribution < 1.29 is 19.0 Å². The summed E-state index contributed by atoms with van der Waals surface area (Å²) in [7, 11) is 4.87. The molecule has 0 saturated carbocycles. The molecule has 1 amide bonds. The number of methoxy groups -OCH3 is 3. The number of ether oxygens (including phenoxy) is 3. The topological polar surface area (TPSA) is 65.3 Å². The molecular formula is C30H31N3O4S. The van der Waals surface area contributed by atoms with Crippen LogP contribution in [-0.4, -0.2) is 48.3 Å². The van der Waals surface area contributed by atoms with Crippen LogP contribution in [-0.2, 0) is 11.3 Å². The normalized spacial score (nSPS) is 15.0. The number of nitrogens with zero attached hydrogens (tertiary/aromatic N) is 3. The maximum atomic E-state index is 13.7. The molecule has 8 heteroatoms. The Morgan fingerprint density at radius 2 is 1.76 bits per heavy atom. The Bertz CT molecular complexity index is 1480. The van der Waals surface area contributed by atoms with Gasteiger partial charge in [-0.1, -0.05) is 30.3 Å². The number of hydrogen-bond donors (Lipinski definition) is 0. The number of aryl methyl sites for hydroxylation is 1. The van der Waals surface area contributed by atoms with Gasteiger partial charge in [-0.15, -0.1) is 11.8 Å². The van der Waals surface area contributed by atoms with E-state index in [1.165, 1.54) is 5.52 Å². The molecule has 0 bridgehead atoms. The van der Waals surface area contributed by atoms with Gasteiger partial charge in [0.25, 0.3) is 5.91 Å². The van der Waals surface area contributed by atoms with E-state index in [1.807, 2.05) is 54.6 Å². The van der Waals surface area contributed by atoms with Gasteiger partial charge in [-0.05, 0) is 48.9 Å². The molecule has 4 aromatic rings. The van der Waals surface area contributed by atoms with Crippen LogP contribution in [0.1, 0.15) is 30.5 Å². The van der Waals surface area contributed by atoms with Gasteiger partial charge in [-0.3, -0.25) is 4.79 Å². The van der Waals surface area contributed by atoms with E-state index in [0.29, 0.717) is 17.9 Å². The predicted octanol–water partition coefficient (Wildman–Crippen LogP) is 6.16. The molecule has 3 aromatic carbocycles. The summed E-state index contributed by atoms with van der Waals surface area (Å²) >= 11 is 1.54. The largest absolute Gasteiger partial charge is 0.497 e. The van der Waals surface area contributed by atoms with E-state index in [2.05, 4.69) is 29.8 Å². The molecule has 1 aromatic heterocycles. The number of fused-ring (bicyclic) bond motifs is 1. The van der Waals surface area contributed by atoms with Crippen LogP contribution in [0.2, 0.25) is 0 Å². The molecule has 1 aliphatic rings. The van der Waals surface area contributed by atoms with Crippen LogP contribution in [0.25, 0.3) is 10.9 Å². The molecule has 7 nitrogen and oxygen atoms in total. The number of amides is 1. The molecule has 5 rings (SSSR count). The second-order valence-electron chi connectivity index (χ2n) is 8.90. The van der Waals surface area contributed by atoms with Gasteiger partial charge in [0.15, 0.2) is 11.5 Å². The highest BCUT2D eigenvalue weighted by Gasteiger charge is 2.35. The molecule has 2 heterocycles. The lowest BCUT2D eigenvalue weighted by Gasteiger charge is -2.24. The van der Waals surface area contributed by atoms with Crippen molar-refractivity contribution in [2.75, 3.05) is 27.1 Å². The SMILES string of the molecule is CCn1cc(SCC(=O)N2N=C(c3ccc(OC)cc3)C[C@@H]2c2cccc(OC)c2OC)c2ccccc21. The summed E-state index contributed by atoms with van der Waals surface area (Å²) in [6.45, 7) is 2.99. The van der Waals surface area contributed by atoms with Crippen molar-refractivity contribution in [3.8, 4) is 17.2 Å². The highest BCUT2D eigenvalue weighted by Crippen LogP contribution is 2.42. The molecule has 0 aliphatic carbocycles. The fourth-order valence-electron chi connectivity index (χ4n) is 4.91. The van der Waals surface area contributed by atoms with Crippen LogP contribution < -0.4 is 14.2 Å². The highest BCUT2D eigenvalue weighted by molar-refractivity contribution is 8.00. The van der Waals surface area contributed by atoms with Crippen molar-refractivity contribution >= 4 is 34.3 Å². The van der Waals surface area contributed by atoms with Crippen LogP contribution in [0.5, 0.6) is 17.2 Å². The Kier molecular flexibility index (Phi) is 7.60. The van der Waals surface area contributed by atoms with Crippen molar-refractivity contribution in [2.24, 2.45) is 5.10 Å². The highest BCUT2D eigenvalue weighted by atomic mass is 32.2. The summed E-state index contributed by atoms with van der Waals surface area (Å²) < 4.78 is 18.8. The van der Waals surface area contributed by atoms with E-state index < -0.39 is 0 Å². The maximum absolute atomic E-state index is 13.7. The number of hydrazone groups is 1. The van der Waals surface area contributed by atoms with Gasteiger partial charge in [0.1, 0.15) is 5.75 Å². The molecule has 1 atom stereocenters. The quantitative estimate of drug-likeness (QED) is 0.243. The first-order valence-electron chi connectivity index (χ1n) is 12.5. The average Bonchev–Trinajstić information content (AvgIpc) is 3.57. The smallest absolute Gasteiger partial charge is 0.253 e. The lowest BCUT2D eigenvalue weighted by atomic mass is 9.97. The summed E-state index contributed by atoms with van der Waals surface area (Å²) in [6.07, 6.45) is 2.68. The molecule has 0 saturated heterocycles. The zero-order chi connectivity index (χ0) is 26.6. The van der Waals surface area contributed by atoms with Crippen molar-refractivity contribution in [3.05, 3.63) is 84.1 Å². The van der Waals surface area contributed by atoms with E-state index in [4.69, 9.17) is 19.3 Å². The number of hydrogen-bond acceptors (Lipinski definition) is 6. The van der Waals surface area contributed by atoms with Crippen molar-refractivity contribution in [1.29, 1.82) is 0 Å². The first-order chi connectivity index (χ1) is 18.6. The average molecular weight is 530 g/mol. The van der Waals surface area contributed by atoms with Crippen molar-refractivity contribution in [2.45, 2.75) is 30.8 Å². The van der Waals surface area contributed by atoms with Gasteiger partial charge >= 0.3 is 0 Å². The lowest BCUT2D eigenvalue weighted by molar-refractivity contribution is -0.130. The number of rotatable bonds is 9. The minimum Gasteiger partial charge on any atom is -0.497 e. The molecule has 1 aliphatic heterocycles. The Balaban J connectivity index is 1.47. The van der Waals surface area contributed by atoms with Crippen LogP contribution in [0.15, 0.2) is 82.9 Å². The number of carbonyl (C=O) groups is 1. The second kappa shape index (κ2) is 11.2. The molecule has 0 radical (unpaired) electrons. The summed E-state index contributed by atoms with van der Waals surface area (Å²) in [5.41, 5.74) is 3.82. The lowest BCUT2D eigenvalue weighted by Crippen LogP contribution is -2.28. The van der Waals surface area contributed by atoms with Crippen LogP contribution in [0.3, 0.4) is 0 Å². The van der Waals surface area contributed by atoms with E-state index in [0.717, 1.165) is 39.4 Å². The van der Waals surface area contributed by atoms with Crippen molar-refractivity contribution in [3.63, 3.8) is 0 Å². The van der Waals surface area contributed by atoms with Gasteiger partial charge in [0.2, 0.25) is 0 Å². The third-order valence-electron chi connectivity index (χ3n) is 6.83. The second-order valence-corrected chi connectivity index (χ2v) is 9.92. The molecule has 38 heavy (non-hydrogen) atoms. The minimum atomic E-state index is -0.317. The van der Waals surface area contributed by atoms with Gasteiger partial charge in [0, 0.05) is 40.5 Å². The van der Waals surface area contributed by atoms with E-state index in [9.17, 15) is 4.79 Å². The summed E-state index contributed by atoms with van der Waals surface area (Å²) in [6, 6.07) is 21.5. The standard InChI is InChI=1S/C30H31N3O4S/c1-5-32-18-28(22-9-6-7-11-25(22)32)38-19-29(34)33-26(23-10-8-12-27(36-3)30(23)37-4)17-24(31-33)20-13-15-21(35-2)16-14-20/h6-16,18,26H,5,17,19H2,1-4H3/t26-/m1/s1. The Hall–Kier alpha value is -3.91. The third kappa shape index (κ3) is 4.84. The molecule has 0 unspecified atom stereocenters. The predicted molar refractivity (Wildman–Crippen MR) is 152 cm³/mol. The molecule has 0 spiro atoms. The fraction of sp³-hybridized carbons (Fsp3) is 0.267. The third-order valence-corrected chi connectivity index (χ3v) is 7.85. The zero-order valence-electron chi connectivity index (χ0n) is 22.0.